The first-order valence-electron chi connectivity index (χ1n) is 20.9. The molecule has 12 rings (SSSR count). The Labute approximate surface area is 350 Å². The first-order valence-corrected chi connectivity index (χ1v) is 20.9. The Morgan fingerprint density at radius 1 is 0.250 bits per heavy atom. The van der Waals surface area contributed by atoms with E-state index in [2.05, 4.69) is 228 Å². The van der Waals surface area contributed by atoms with Crippen molar-refractivity contribution in [2.45, 2.75) is 12.8 Å². The predicted molar refractivity (Wildman–Crippen MR) is 253 cm³/mol. The normalized spacial score (nSPS) is 12.2. The van der Waals surface area contributed by atoms with Crippen molar-refractivity contribution in [3.8, 4) is 33.4 Å². The minimum Gasteiger partial charge on any atom is -0.309 e. The van der Waals surface area contributed by atoms with Gasteiger partial charge in [0.05, 0.1) is 22.7 Å². The van der Waals surface area contributed by atoms with E-state index in [9.17, 15) is 0 Å². The van der Waals surface area contributed by atoms with Crippen LogP contribution in [-0.2, 0) is 12.8 Å². The van der Waals surface area contributed by atoms with Crippen molar-refractivity contribution in [3.63, 3.8) is 0 Å². The molecule has 0 amide bonds. The smallest absolute Gasteiger partial charge is 0.0547 e. The summed E-state index contributed by atoms with van der Waals surface area (Å²) in [5.41, 5.74) is 19.9. The van der Waals surface area contributed by atoms with Crippen LogP contribution in [0.5, 0.6) is 0 Å². The molecule has 0 saturated heterocycles. The molecule has 2 aliphatic carbocycles. The molecule has 0 heterocycles. The second-order valence-electron chi connectivity index (χ2n) is 16.0. The van der Waals surface area contributed by atoms with Crippen molar-refractivity contribution >= 4 is 55.7 Å². The van der Waals surface area contributed by atoms with Crippen LogP contribution in [0.2, 0.25) is 0 Å². The van der Waals surface area contributed by atoms with Crippen molar-refractivity contribution in [2.24, 2.45) is 0 Å². The van der Waals surface area contributed by atoms with Crippen molar-refractivity contribution in [3.05, 3.63) is 241 Å². The molecule has 0 atom stereocenters. The zero-order valence-corrected chi connectivity index (χ0v) is 33.1. The van der Waals surface area contributed by atoms with Crippen LogP contribution in [0.4, 0.5) is 34.1 Å². The molecule has 60 heavy (non-hydrogen) atoms. The van der Waals surface area contributed by atoms with Crippen LogP contribution in [0.25, 0.3) is 54.9 Å². The molecule has 0 radical (unpaired) electrons. The molecule has 2 heteroatoms. The highest BCUT2D eigenvalue weighted by atomic mass is 15.2. The summed E-state index contributed by atoms with van der Waals surface area (Å²) in [6.45, 7) is 0. The Balaban J connectivity index is 1.21. The predicted octanol–water partition coefficient (Wildman–Crippen LogP) is 15.7. The van der Waals surface area contributed by atoms with E-state index in [0.29, 0.717) is 0 Å². The van der Waals surface area contributed by atoms with Gasteiger partial charge in [-0.3, -0.25) is 0 Å². The summed E-state index contributed by atoms with van der Waals surface area (Å²) in [6.07, 6.45) is 1.85. The Morgan fingerprint density at radius 2 is 0.617 bits per heavy atom. The fraction of sp³-hybridized carbons (Fsp3) is 0.0345. The summed E-state index contributed by atoms with van der Waals surface area (Å²) in [5, 5.41) is 4.82. The lowest BCUT2D eigenvalue weighted by atomic mass is 9.89. The monoisotopic (exact) mass is 764 g/mol. The highest BCUT2D eigenvalue weighted by Crippen LogP contribution is 2.55. The maximum absolute atomic E-state index is 2.53. The molecule has 282 valence electrons. The summed E-state index contributed by atoms with van der Waals surface area (Å²) in [7, 11) is 0. The van der Waals surface area contributed by atoms with Gasteiger partial charge in [-0.2, -0.15) is 0 Å². The summed E-state index contributed by atoms with van der Waals surface area (Å²) >= 11 is 0. The lowest BCUT2D eigenvalue weighted by Crippen LogP contribution is -2.15. The maximum Gasteiger partial charge on any atom is 0.0547 e. The van der Waals surface area contributed by atoms with E-state index in [1.54, 1.807) is 0 Å². The van der Waals surface area contributed by atoms with Gasteiger partial charge in [0, 0.05) is 33.6 Å². The van der Waals surface area contributed by atoms with E-state index in [0.717, 1.165) is 35.6 Å². The second kappa shape index (κ2) is 14.0. The second-order valence-corrected chi connectivity index (χ2v) is 16.0. The van der Waals surface area contributed by atoms with Gasteiger partial charge in [-0.15, -0.1) is 0 Å². The Hall–Kier alpha value is -7.68. The highest BCUT2D eigenvalue weighted by molar-refractivity contribution is 6.17. The van der Waals surface area contributed by atoms with E-state index in [-0.39, 0.29) is 0 Å². The molecule has 10 aromatic carbocycles. The summed E-state index contributed by atoms with van der Waals surface area (Å²) in [6, 6.07) is 80.7. The average Bonchev–Trinajstić information content (AvgIpc) is 3.89. The van der Waals surface area contributed by atoms with Crippen molar-refractivity contribution in [2.75, 3.05) is 9.80 Å². The van der Waals surface area contributed by atoms with Crippen LogP contribution in [0.1, 0.15) is 22.3 Å². The third kappa shape index (κ3) is 5.42. The number of rotatable bonds is 7. The molecule has 0 N–H and O–H groups in total. The third-order valence-electron chi connectivity index (χ3n) is 12.6. The molecule has 0 fully saturated rings. The van der Waals surface area contributed by atoms with E-state index in [1.165, 1.54) is 88.6 Å². The summed E-state index contributed by atoms with van der Waals surface area (Å²) < 4.78 is 0. The van der Waals surface area contributed by atoms with Gasteiger partial charge in [0.25, 0.3) is 0 Å². The molecule has 2 nitrogen and oxygen atoms in total. The average molecular weight is 765 g/mol. The number of anilines is 6. The van der Waals surface area contributed by atoms with E-state index in [1.807, 2.05) is 0 Å². The van der Waals surface area contributed by atoms with Gasteiger partial charge in [-0.1, -0.05) is 170 Å². The number of para-hydroxylation sites is 2. The number of nitrogens with zero attached hydrogens (tertiary/aromatic N) is 2. The minimum atomic E-state index is 0.927. The number of fused-ring (bicyclic) bond motifs is 8. The van der Waals surface area contributed by atoms with Crippen LogP contribution < -0.4 is 9.80 Å². The lowest BCUT2D eigenvalue weighted by molar-refractivity contribution is 1.24. The molecule has 0 aromatic heterocycles. The van der Waals surface area contributed by atoms with Gasteiger partial charge in [0.15, 0.2) is 0 Å². The Kier molecular flexibility index (Phi) is 8.02. The van der Waals surface area contributed by atoms with E-state index in [4.69, 9.17) is 0 Å². The Morgan fingerprint density at radius 3 is 1.08 bits per heavy atom. The zero-order chi connectivity index (χ0) is 39.6. The molecular formula is C58H40N2. The quantitative estimate of drug-likeness (QED) is 0.159. The number of hydrogen-bond acceptors (Lipinski definition) is 2. The van der Waals surface area contributed by atoms with Crippen molar-refractivity contribution in [1.82, 2.24) is 0 Å². The highest BCUT2D eigenvalue weighted by Gasteiger charge is 2.31. The fourth-order valence-electron chi connectivity index (χ4n) is 10.1. The molecule has 0 unspecified atom stereocenters. The van der Waals surface area contributed by atoms with Crippen molar-refractivity contribution < 1.29 is 0 Å². The molecule has 0 spiro atoms. The SMILES string of the molecule is c1ccc(N(c2cccc3c2-c2ccccc2C3)c2ccc3ccccc3c2-c2c(N(c3ccccc3)c3cccc4c3-c3ccccc3C4)ccc3ccccc23)cc1. The maximum atomic E-state index is 2.53. The fourth-order valence-corrected chi connectivity index (χ4v) is 10.1. The molecule has 0 saturated carbocycles. The van der Waals surface area contributed by atoms with Gasteiger partial charge in [-0.05, 0) is 116 Å². The van der Waals surface area contributed by atoms with Crippen LogP contribution in [0, 0.1) is 0 Å². The molecule has 10 aromatic rings. The minimum absolute atomic E-state index is 0.927. The number of benzene rings is 10. The zero-order valence-electron chi connectivity index (χ0n) is 33.1. The largest absolute Gasteiger partial charge is 0.309 e. The standard InChI is InChI=1S/C58H40N2/c1-3-23-45(24-4-1)59(51-31-15-21-43-37-41-19-9-13-29-49(41)55(43)51)53-35-33-39-17-7-11-27-47(39)57(53)58-48-28-12-8-18-40(48)34-36-54(58)60(46-25-5-2-6-26-46)52-32-16-22-44-38-42-20-10-14-30-50(42)56(44)52/h1-36H,37-38H2. The Bertz CT molecular complexity index is 3050. The van der Waals surface area contributed by atoms with Gasteiger partial charge < -0.3 is 9.80 Å². The van der Waals surface area contributed by atoms with Crippen LogP contribution in [0.3, 0.4) is 0 Å². The molecule has 0 aliphatic heterocycles. The van der Waals surface area contributed by atoms with Crippen molar-refractivity contribution in [1.29, 1.82) is 0 Å². The first kappa shape index (κ1) is 34.4. The summed E-state index contributed by atoms with van der Waals surface area (Å²) in [4.78, 5) is 5.05. The van der Waals surface area contributed by atoms with E-state index < -0.39 is 0 Å². The molecule has 0 bridgehead atoms. The van der Waals surface area contributed by atoms with Gasteiger partial charge in [-0.25, -0.2) is 0 Å². The molecule has 2 aliphatic rings. The van der Waals surface area contributed by atoms with Crippen LogP contribution in [0.15, 0.2) is 218 Å². The number of hydrogen-bond donors (Lipinski definition) is 0. The summed E-state index contributed by atoms with van der Waals surface area (Å²) in [5.74, 6) is 0. The van der Waals surface area contributed by atoms with Gasteiger partial charge in [0.1, 0.15) is 0 Å². The lowest BCUT2D eigenvalue weighted by Gasteiger charge is -2.34. The van der Waals surface area contributed by atoms with Crippen LogP contribution >= 0.6 is 0 Å². The van der Waals surface area contributed by atoms with Gasteiger partial charge in [0.2, 0.25) is 0 Å². The van der Waals surface area contributed by atoms with E-state index >= 15 is 0 Å². The van der Waals surface area contributed by atoms with Crippen LogP contribution in [-0.4, -0.2) is 0 Å². The van der Waals surface area contributed by atoms with Gasteiger partial charge >= 0.3 is 0 Å². The third-order valence-corrected chi connectivity index (χ3v) is 12.6. The first-order chi connectivity index (χ1) is 29.8. The molecular weight excluding hydrogens is 725 g/mol. The topological polar surface area (TPSA) is 6.48 Å².